The minimum absolute atomic E-state index is 0.170. The Balaban J connectivity index is 1.28. The van der Waals surface area contributed by atoms with E-state index in [-0.39, 0.29) is 24.3 Å². The summed E-state index contributed by atoms with van der Waals surface area (Å²) < 4.78 is 29.5. The Hall–Kier alpha value is -5.28. The fourth-order valence-corrected chi connectivity index (χ4v) is 5.44. The minimum atomic E-state index is -1.50. The molecule has 1 aliphatic heterocycles. The van der Waals surface area contributed by atoms with Gasteiger partial charge in [-0.15, -0.1) is 0 Å². The summed E-state index contributed by atoms with van der Waals surface area (Å²) in [5.41, 5.74) is -0.261. The lowest BCUT2D eigenvalue weighted by atomic mass is 10.0. The van der Waals surface area contributed by atoms with Crippen molar-refractivity contribution >= 4 is 23.9 Å². The monoisotopic (exact) mass is 592 g/mol. The standard InChI is InChI=1S/C35H28O9/c36-31(23-13-5-1-6-14-23)40-21-27-29-35(27,44-34(39)26-19-11-4-12-20-26)30(43-33(38)25-17-9-3-10-18-25)28(42-29)22-41-32(37)24-15-7-2-8-16-24/h1-20,27-30H,21-22H2/t27-,28-,29?,30?,35+/m1/s1. The number of ether oxygens (including phenoxy) is 5. The molecular formula is C35H28O9. The highest BCUT2D eigenvalue weighted by Gasteiger charge is 2.81. The second-order valence-electron chi connectivity index (χ2n) is 10.4. The topological polar surface area (TPSA) is 114 Å². The van der Waals surface area contributed by atoms with Gasteiger partial charge in [0.2, 0.25) is 0 Å². The maximum atomic E-state index is 13.4. The Morgan fingerprint density at radius 2 is 0.955 bits per heavy atom. The molecule has 2 aliphatic rings. The van der Waals surface area contributed by atoms with Crippen molar-refractivity contribution in [3.8, 4) is 0 Å². The smallest absolute Gasteiger partial charge is 0.338 e. The molecule has 1 saturated carbocycles. The lowest BCUT2D eigenvalue weighted by molar-refractivity contribution is -0.0891. The van der Waals surface area contributed by atoms with Gasteiger partial charge in [0.05, 0.1) is 28.2 Å². The van der Waals surface area contributed by atoms with Crippen LogP contribution in [0.3, 0.4) is 0 Å². The molecule has 2 unspecified atom stereocenters. The molecule has 9 heteroatoms. The molecule has 0 radical (unpaired) electrons. The van der Waals surface area contributed by atoms with Gasteiger partial charge < -0.3 is 23.7 Å². The molecule has 5 atom stereocenters. The van der Waals surface area contributed by atoms with Crippen LogP contribution in [0.15, 0.2) is 121 Å². The summed E-state index contributed by atoms with van der Waals surface area (Å²) >= 11 is 0. The molecule has 222 valence electrons. The van der Waals surface area contributed by atoms with E-state index in [9.17, 15) is 19.2 Å². The van der Waals surface area contributed by atoms with Gasteiger partial charge in [0.25, 0.3) is 0 Å². The SMILES string of the molecule is O=C(OC[C@@H]1C2O[C@H](COC(=O)c3ccccc3)C(OC(=O)c3ccccc3)[C@@]21OC(=O)c1ccccc1)c1ccccc1. The van der Waals surface area contributed by atoms with Gasteiger partial charge in [0.15, 0.2) is 11.7 Å². The molecule has 2 fully saturated rings. The van der Waals surface area contributed by atoms with Gasteiger partial charge in [-0.25, -0.2) is 19.2 Å². The zero-order valence-electron chi connectivity index (χ0n) is 23.4. The van der Waals surface area contributed by atoms with E-state index in [2.05, 4.69) is 0 Å². The largest absolute Gasteiger partial charge is 0.462 e. The second-order valence-corrected chi connectivity index (χ2v) is 10.4. The number of hydrogen-bond donors (Lipinski definition) is 0. The predicted octanol–water partition coefficient (Wildman–Crippen LogP) is 4.92. The average Bonchev–Trinajstić information content (AvgIpc) is 3.57. The van der Waals surface area contributed by atoms with Crippen molar-refractivity contribution in [1.29, 1.82) is 0 Å². The second kappa shape index (κ2) is 12.5. The Kier molecular flexibility index (Phi) is 8.21. The first-order chi connectivity index (χ1) is 21.5. The Morgan fingerprint density at radius 3 is 1.43 bits per heavy atom. The maximum absolute atomic E-state index is 13.4. The predicted molar refractivity (Wildman–Crippen MR) is 156 cm³/mol. The van der Waals surface area contributed by atoms with Crippen LogP contribution in [-0.2, 0) is 23.7 Å². The number of hydrogen-bond acceptors (Lipinski definition) is 9. The number of esters is 4. The van der Waals surface area contributed by atoms with Crippen LogP contribution in [0.4, 0.5) is 0 Å². The maximum Gasteiger partial charge on any atom is 0.338 e. The van der Waals surface area contributed by atoms with Crippen LogP contribution < -0.4 is 0 Å². The highest BCUT2D eigenvalue weighted by atomic mass is 16.7. The molecule has 1 aliphatic carbocycles. The molecule has 1 heterocycles. The molecule has 0 N–H and O–H groups in total. The zero-order valence-corrected chi connectivity index (χ0v) is 23.4. The molecular weight excluding hydrogens is 564 g/mol. The molecule has 0 amide bonds. The normalized spacial score (nSPS) is 23.1. The molecule has 6 rings (SSSR count). The number of fused-ring (bicyclic) bond motifs is 1. The van der Waals surface area contributed by atoms with Crippen molar-refractivity contribution in [2.45, 2.75) is 23.9 Å². The molecule has 9 nitrogen and oxygen atoms in total. The third-order valence-electron chi connectivity index (χ3n) is 7.70. The van der Waals surface area contributed by atoms with Crippen LogP contribution >= 0.6 is 0 Å². The Morgan fingerprint density at radius 1 is 0.545 bits per heavy atom. The van der Waals surface area contributed by atoms with E-state index in [1.54, 1.807) is 121 Å². The van der Waals surface area contributed by atoms with Crippen molar-refractivity contribution in [3.05, 3.63) is 144 Å². The van der Waals surface area contributed by atoms with Crippen LogP contribution in [0.25, 0.3) is 0 Å². The van der Waals surface area contributed by atoms with Crippen LogP contribution in [-0.4, -0.2) is 61.0 Å². The molecule has 0 spiro atoms. The lowest BCUT2D eigenvalue weighted by Crippen LogP contribution is -2.46. The van der Waals surface area contributed by atoms with Gasteiger partial charge in [-0.2, -0.15) is 0 Å². The van der Waals surface area contributed by atoms with Gasteiger partial charge in [-0.05, 0) is 48.5 Å². The first-order valence-electron chi connectivity index (χ1n) is 14.1. The van der Waals surface area contributed by atoms with E-state index in [0.29, 0.717) is 11.1 Å². The minimum Gasteiger partial charge on any atom is -0.462 e. The molecule has 1 saturated heterocycles. The van der Waals surface area contributed by atoms with Crippen molar-refractivity contribution in [2.75, 3.05) is 13.2 Å². The summed E-state index contributed by atoms with van der Waals surface area (Å²) in [6.07, 6.45) is -2.95. The van der Waals surface area contributed by atoms with Crippen molar-refractivity contribution < 1.29 is 42.9 Å². The molecule has 4 aromatic rings. The first kappa shape index (κ1) is 28.8. The summed E-state index contributed by atoms with van der Waals surface area (Å²) in [5, 5.41) is 0. The highest BCUT2D eigenvalue weighted by Crippen LogP contribution is 2.60. The van der Waals surface area contributed by atoms with E-state index >= 15 is 0 Å². The number of carbonyl (C=O) groups is 4. The third-order valence-corrected chi connectivity index (χ3v) is 7.70. The number of benzene rings is 4. The van der Waals surface area contributed by atoms with Gasteiger partial charge in [0, 0.05) is 0 Å². The quantitative estimate of drug-likeness (QED) is 0.187. The van der Waals surface area contributed by atoms with Gasteiger partial charge in [-0.3, -0.25) is 0 Å². The van der Waals surface area contributed by atoms with Gasteiger partial charge in [-0.1, -0.05) is 72.8 Å². The van der Waals surface area contributed by atoms with Crippen LogP contribution in [0, 0.1) is 5.92 Å². The average molecular weight is 593 g/mol. The van der Waals surface area contributed by atoms with Crippen molar-refractivity contribution in [1.82, 2.24) is 0 Å². The summed E-state index contributed by atoms with van der Waals surface area (Å²) in [6, 6.07) is 33.6. The zero-order chi connectivity index (χ0) is 30.5. The van der Waals surface area contributed by atoms with E-state index in [1.807, 2.05) is 0 Å². The van der Waals surface area contributed by atoms with E-state index in [0.717, 1.165) is 0 Å². The highest BCUT2D eigenvalue weighted by molar-refractivity contribution is 5.92. The lowest BCUT2D eigenvalue weighted by Gasteiger charge is -2.29. The molecule has 0 bridgehead atoms. The summed E-state index contributed by atoms with van der Waals surface area (Å²) in [4.78, 5) is 52.2. The summed E-state index contributed by atoms with van der Waals surface area (Å²) in [6.45, 7) is -0.450. The fourth-order valence-electron chi connectivity index (χ4n) is 5.44. The van der Waals surface area contributed by atoms with E-state index in [1.165, 1.54) is 0 Å². The summed E-state index contributed by atoms with van der Waals surface area (Å²) in [5.74, 6) is -3.16. The fraction of sp³-hybridized carbons (Fsp3) is 0.200. The first-order valence-corrected chi connectivity index (χ1v) is 14.1. The van der Waals surface area contributed by atoms with Crippen LogP contribution in [0.2, 0.25) is 0 Å². The molecule has 44 heavy (non-hydrogen) atoms. The van der Waals surface area contributed by atoms with Crippen molar-refractivity contribution in [2.24, 2.45) is 5.92 Å². The van der Waals surface area contributed by atoms with E-state index < -0.39 is 53.7 Å². The Labute approximate surface area is 253 Å². The van der Waals surface area contributed by atoms with Gasteiger partial charge in [0.1, 0.15) is 25.4 Å². The van der Waals surface area contributed by atoms with E-state index in [4.69, 9.17) is 23.7 Å². The van der Waals surface area contributed by atoms with Crippen LogP contribution in [0.1, 0.15) is 41.4 Å². The number of carbonyl (C=O) groups excluding carboxylic acids is 4. The molecule has 4 aromatic carbocycles. The van der Waals surface area contributed by atoms with Gasteiger partial charge >= 0.3 is 23.9 Å². The molecule has 0 aromatic heterocycles. The van der Waals surface area contributed by atoms with Crippen LogP contribution in [0.5, 0.6) is 0 Å². The third kappa shape index (κ3) is 5.82. The summed E-state index contributed by atoms with van der Waals surface area (Å²) in [7, 11) is 0. The number of rotatable bonds is 10. The Bertz CT molecular complexity index is 1570. The van der Waals surface area contributed by atoms with Crippen molar-refractivity contribution in [3.63, 3.8) is 0 Å².